The van der Waals surface area contributed by atoms with Crippen molar-refractivity contribution in [2.24, 2.45) is 0 Å². The number of benzene rings is 1. The van der Waals surface area contributed by atoms with Crippen LogP contribution in [0.5, 0.6) is 0 Å². The molecule has 0 aliphatic carbocycles. The molecule has 4 rings (SSSR count). The lowest BCUT2D eigenvalue weighted by Crippen LogP contribution is -2.29. The number of nitrogens with one attached hydrogen (secondary N) is 1. The third-order valence-corrected chi connectivity index (χ3v) is 7.01. The van der Waals surface area contributed by atoms with Gasteiger partial charge in [0.2, 0.25) is 17.7 Å². The SMILES string of the molecule is CCC(C)c1ccc(C(NC(=O)CCc2nnc(-c3ccsc3)o2)c2cccs2)cc1. The van der Waals surface area contributed by atoms with Crippen LogP contribution < -0.4 is 5.32 Å². The van der Waals surface area contributed by atoms with Crippen LogP contribution in [0.25, 0.3) is 11.5 Å². The topological polar surface area (TPSA) is 68.0 Å². The van der Waals surface area contributed by atoms with Gasteiger partial charge in [0.15, 0.2) is 0 Å². The number of carbonyl (C=O) groups is 1. The Balaban J connectivity index is 1.42. The molecular formula is C24H25N3O2S2. The van der Waals surface area contributed by atoms with E-state index in [0.29, 0.717) is 24.1 Å². The zero-order chi connectivity index (χ0) is 21.6. The lowest BCUT2D eigenvalue weighted by atomic mass is 9.95. The molecule has 3 aromatic heterocycles. The van der Waals surface area contributed by atoms with Gasteiger partial charge in [0, 0.05) is 28.7 Å². The maximum absolute atomic E-state index is 12.8. The summed E-state index contributed by atoms with van der Waals surface area (Å²) in [5.74, 6) is 1.45. The second-order valence-corrected chi connectivity index (χ2v) is 9.26. The minimum atomic E-state index is -0.164. The molecule has 0 bridgehead atoms. The van der Waals surface area contributed by atoms with Gasteiger partial charge in [-0.15, -0.1) is 21.5 Å². The maximum Gasteiger partial charge on any atom is 0.248 e. The first kappa shape index (κ1) is 21.5. The maximum atomic E-state index is 12.8. The van der Waals surface area contributed by atoms with Gasteiger partial charge in [-0.2, -0.15) is 11.3 Å². The second kappa shape index (κ2) is 10.0. The summed E-state index contributed by atoms with van der Waals surface area (Å²) in [4.78, 5) is 13.9. The predicted molar refractivity (Wildman–Crippen MR) is 125 cm³/mol. The molecule has 0 saturated heterocycles. The number of hydrogen-bond acceptors (Lipinski definition) is 6. The molecule has 0 spiro atoms. The molecule has 1 N–H and O–H groups in total. The van der Waals surface area contributed by atoms with Crippen LogP contribution >= 0.6 is 22.7 Å². The highest BCUT2D eigenvalue weighted by atomic mass is 32.1. The minimum Gasteiger partial charge on any atom is -0.421 e. The number of nitrogens with zero attached hydrogens (tertiary/aromatic N) is 2. The van der Waals surface area contributed by atoms with Crippen molar-refractivity contribution in [1.82, 2.24) is 15.5 Å². The van der Waals surface area contributed by atoms with Gasteiger partial charge >= 0.3 is 0 Å². The van der Waals surface area contributed by atoms with Crippen LogP contribution in [0.15, 0.2) is 63.0 Å². The molecule has 1 amide bonds. The highest BCUT2D eigenvalue weighted by molar-refractivity contribution is 7.10. The van der Waals surface area contributed by atoms with Crippen molar-refractivity contribution in [2.75, 3.05) is 0 Å². The van der Waals surface area contributed by atoms with Crippen molar-refractivity contribution in [3.8, 4) is 11.5 Å². The monoisotopic (exact) mass is 451 g/mol. The van der Waals surface area contributed by atoms with Gasteiger partial charge in [-0.1, -0.05) is 44.2 Å². The van der Waals surface area contributed by atoms with Crippen LogP contribution in [0.2, 0.25) is 0 Å². The van der Waals surface area contributed by atoms with E-state index >= 15 is 0 Å². The van der Waals surface area contributed by atoms with E-state index < -0.39 is 0 Å². The van der Waals surface area contributed by atoms with Crippen molar-refractivity contribution in [3.05, 3.63) is 80.5 Å². The van der Waals surface area contributed by atoms with Gasteiger partial charge in [0.1, 0.15) is 0 Å². The molecule has 0 radical (unpaired) electrons. The van der Waals surface area contributed by atoms with Gasteiger partial charge in [-0.3, -0.25) is 4.79 Å². The normalized spacial score (nSPS) is 13.1. The Morgan fingerprint density at radius 2 is 1.90 bits per heavy atom. The molecule has 3 heterocycles. The second-order valence-electron chi connectivity index (χ2n) is 7.50. The number of rotatable bonds is 9. The van der Waals surface area contributed by atoms with Gasteiger partial charge in [0.05, 0.1) is 6.04 Å². The molecule has 160 valence electrons. The summed E-state index contributed by atoms with van der Waals surface area (Å²) < 4.78 is 5.69. The molecule has 2 unspecified atom stereocenters. The van der Waals surface area contributed by atoms with E-state index in [1.165, 1.54) is 5.56 Å². The fraction of sp³-hybridized carbons (Fsp3) is 0.292. The van der Waals surface area contributed by atoms with E-state index in [4.69, 9.17) is 4.42 Å². The number of aromatic nitrogens is 2. The number of aryl methyl sites for hydroxylation is 1. The third kappa shape index (κ3) is 5.29. The Labute approximate surface area is 190 Å². The molecule has 1 aromatic carbocycles. The number of amides is 1. The highest BCUT2D eigenvalue weighted by Gasteiger charge is 2.19. The van der Waals surface area contributed by atoms with E-state index in [9.17, 15) is 4.79 Å². The van der Waals surface area contributed by atoms with Crippen LogP contribution in [0.1, 0.15) is 60.5 Å². The first-order valence-corrected chi connectivity index (χ1v) is 12.2. The smallest absolute Gasteiger partial charge is 0.248 e. The van der Waals surface area contributed by atoms with Crippen LogP contribution in [0.3, 0.4) is 0 Å². The predicted octanol–water partition coefficient (Wildman–Crippen LogP) is 6.21. The van der Waals surface area contributed by atoms with Crippen molar-refractivity contribution in [1.29, 1.82) is 0 Å². The fourth-order valence-corrected chi connectivity index (χ4v) is 4.77. The minimum absolute atomic E-state index is 0.0420. The van der Waals surface area contributed by atoms with Crippen LogP contribution in [-0.2, 0) is 11.2 Å². The van der Waals surface area contributed by atoms with Crippen LogP contribution in [-0.4, -0.2) is 16.1 Å². The highest BCUT2D eigenvalue weighted by Crippen LogP contribution is 2.28. The summed E-state index contributed by atoms with van der Waals surface area (Å²) in [6, 6.07) is 14.4. The van der Waals surface area contributed by atoms with E-state index in [1.54, 1.807) is 22.7 Å². The number of hydrogen-bond donors (Lipinski definition) is 1. The molecule has 0 aliphatic rings. The zero-order valence-corrected chi connectivity index (χ0v) is 19.2. The van der Waals surface area contributed by atoms with Crippen molar-refractivity contribution in [2.45, 2.75) is 45.1 Å². The summed E-state index contributed by atoms with van der Waals surface area (Å²) in [6.45, 7) is 4.43. The summed E-state index contributed by atoms with van der Waals surface area (Å²) in [6.07, 6.45) is 1.80. The van der Waals surface area contributed by atoms with Crippen LogP contribution in [0, 0.1) is 0 Å². The molecule has 0 aliphatic heterocycles. The average molecular weight is 452 g/mol. The number of thiophene rings is 2. The summed E-state index contributed by atoms with van der Waals surface area (Å²) in [5.41, 5.74) is 3.31. The Morgan fingerprint density at radius 1 is 1.10 bits per heavy atom. The van der Waals surface area contributed by atoms with Gasteiger partial charge in [-0.05, 0) is 46.4 Å². The molecule has 7 heteroatoms. The Hall–Kier alpha value is -2.77. The quantitative estimate of drug-likeness (QED) is 0.328. The lowest BCUT2D eigenvalue weighted by molar-refractivity contribution is -0.121. The summed E-state index contributed by atoms with van der Waals surface area (Å²) in [5, 5.41) is 17.3. The lowest BCUT2D eigenvalue weighted by Gasteiger charge is -2.19. The molecule has 4 aromatic rings. The fourth-order valence-electron chi connectivity index (χ4n) is 3.34. The molecule has 5 nitrogen and oxygen atoms in total. The Kier molecular flexibility index (Phi) is 6.94. The first-order chi connectivity index (χ1) is 15.1. The third-order valence-electron chi connectivity index (χ3n) is 5.39. The van der Waals surface area contributed by atoms with Crippen molar-refractivity contribution >= 4 is 28.6 Å². The van der Waals surface area contributed by atoms with E-state index in [0.717, 1.165) is 22.4 Å². The van der Waals surface area contributed by atoms with Gasteiger partial charge in [-0.25, -0.2) is 0 Å². The standard InChI is InChI=1S/C24H25N3O2S2/c1-3-16(2)17-6-8-18(9-7-17)23(20-5-4-13-31-20)25-21(28)10-11-22-26-27-24(29-22)19-12-14-30-15-19/h4-9,12-16,23H,3,10-11H2,1-2H3,(H,25,28). The Bertz CT molecular complexity index is 1090. The first-order valence-electron chi connectivity index (χ1n) is 10.4. The molecule has 2 atom stereocenters. The van der Waals surface area contributed by atoms with E-state index in [-0.39, 0.29) is 18.4 Å². The van der Waals surface area contributed by atoms with E-state index in [1.807, 2.05) is 28.3 Å². The molecule has 0 fully saturated rings. The largest absolute Gasteiger partial charge is 0.421 e. The molecule has 0 saturated carbocycles. The summed E-state index contributed by atoms with van der Waals surface area (Å²) in [7, 11) is 0. The van der Waals surface area contributed by atoms with Gasteiger partial charge in [0.25, 0.3) is 0 Å². The average Bonchev–Trinajstić information content (AvgIpc) is 3.57. The molecule has 31 heavy (non-hydrogen) atoms. The summed E-state index contributed by atoms with van der Waals surface area (Å²) >= 11 is 3.22. The van der Waals surface area contributed by atoms with Crippen molar-refractivity contribution < 1.29 is 9.21 Å². The Morgan fingerprint density at radius 3 is 2.58 bits per heavy atom. The number of carbonyl (C=O) groups excluding carboxylic acids is 1. The van der Waals surface area contributed by atoms with Gasteiger partial charge < -0.3 is 9.73 Å². The zero-order valence-electron chi connectivity index (χ0n) is 17.6. The van der Waals surface area contributed by atoms with Crippen LogP contribution in [0.4, 0.5) is 0 Å². The van der Waals surface area contributed by atoms with E-state index in [2.05, 4.69) is 59.7 Å². The van der Waals surface area contributed by atoms with Crippen molar-refractivity contribution in [3.63, 3.8) is 0 Å². The molecular weight excluding hydrogens is 426 g/mol.